The average molecular weight is 239 g/mol. The van der Waals surface area contributed by atoms with E-state index in [1.807, 2.05) is 0 Å². The molecule has 0 radical (unpaired) electrons. The maximum atomic E-state index is 13.1. The topological polar surface area (TPSA) is 51.4 Å². The number of pyridine rings is 1. The number of piperidine rings is 1. The fourth-order valence-electron chi connectivity index (χ4n) is 2.23. The van der Waals surface area contributed by atoms with Crippen molar-refractivity contribution in [2.45, 2.75) is 25.5 Å². The number of hydrogen-bond donors (Lipinski definition) is 1. The minimum absolute atomic E-state index is 0.223. The third kappa shape index (κ3) is 2.73. The van der Waals surface area contributed by atoms with Crippen molar-refractivity contribution in [3.63, 3.8) is 0 Å². The normalized spacial score (nSPS) is 20.6. The lowest BCUT2D eigenvalue weighted by atomic mass is 10.1. The SMILES string of the molecule is COC1CCCN(c2ncc(F)cc2CN)C1. The Bertz CT molecular complexity index is 386. The van der Waals surface area contributed by atoms with Gasteiger partial charge in [0.1, 0.15) is 11.6 Å². The quantitative estimate of drug-likeness (QED) is 0.863. The summed E-state index contributed by atoms with van der Waals surface area (Å²) < 4.78 is 18.4. The number of nitrogens with two attached hydrogens (primary N) is 1. The van der Waals surface area contributed by atoms with Gasteiger partial charge in [-0.15, -0.1) is 0 Å². The summed E-state index contributed by atoms with van der Waals surface area (Å²) in [4.78, 5) is 6.28. The van der Waals surface area contributed by atoms with E-state index in [1.54, 1.807) is 7.11 Å². The van der Waals surface area contributed by atoms with Crippen LogP contribution < -0.4 is 10.6 Å². The maximum absolute atomic E-state index is 13.1. The van der Waals surface area contributed by atoms with Crippen molar-refractivity contribution in [2.24, 2.45) is 5.73 Å². The van der Waals surface area contributed by atoms with E-state index in [1.165, 1.54) is 12.3 Å². The number of hydrogen-bond acceptors (Lipinski definition) is 4. The Morgan fingerprint density at radius 2 is 2.47 bits per heavy atom. The van der Waals surface area contributed by atoms with Gasteiger partial charge in [0.15, 0.2) is 0 Å². The molecule has 1 aromatic heterocycles. The van der Waals surface area contributed by atoms with Crippen LogP contribution in [-0.4, -0.2) is 31.3 Å². The van der Waals surface area contributed by atoms with Crippen molar-refractivity contribution in [1.82, 2.24) is 4.98 Å². The molecule has 0 amide bonds. The first-order valence-corrected chi connectivity index (χ1v) is 5.87. The highest BCUT2D eigenvalue weighted by Gasteiger charge is 2.22. The van der Waals surface area contributed by atoms with Gasteiger partial charge in [0.05, 0.1) is 12.3 Å². The second kappa shape index (κ2) is 5.42. The maximum Gasteiger partial charge on any atom is 0.141 e. The molecule has 2 heterocycles. The van der Waals surface area contributed by atoms with Crippen LogP contribution in [0.1, 0.15) is 18.4 Å². The predicted octanol–water partition coefficient (Wildman–Crippen LogP) is 1.29. The monoisotopic (exact) mass is 239 g/mol. The third-order valence-electron chi connectivity index (χ3n) is 3.14. The molecule has 2 rings (SSSR count). The number of nitrogens with zero attached hydrogens (tertiary/aromatic N) is 2. The summed E-state index contributed by atoms with van der Waals surface area (Å²) in [5.74, 6) is 0.449. The Kier molecular flexibility index (Phi) is 3.91. The van der Waals surface area contributed by atoms with Gasteiger partial charge in [0.25, 0.3) is 0 Å². The Balaban J connectivity index is 2.20. The van der Waals surface area contributed by atoms with Crippen LogP contribution >= 0.6 is 0 Å². The van der Waals surface area contributed by atoms with E-state index in [2.05, 4.69) is 9.88 Å². The molecule has 0 spiro atoms. The number of anilines is 1. The summed E-state index contributed by atoms with van der Waals surface area (Å²) >= 11 is 0. The van der Waals surface area contributed by atoms with Crippen LogP contribution in [0.25, 0.3) is 0 Å². The van der Waals surface area contributed by atoms with Crippen molar-refractivity contribution < 1.29 is 9.13 Å². The molecule has 1 aliphatic heterocycles. The first-order valence-electron chi connectivity index (χ1n) is 5.87. The molecular formula is C12H18FN3O. The van der Waals surface area contributed by atoms with Crippen molar-refractivity contribution in [1.29, 1.82) is 0 Å². The predicted molar refractivity (Wildman–Crippen MR) is 64.3 cm³/mol. The molecule has 1 aliphatic rings. The van der Waals surface area contributed by atoms with Gasteiger partial charge in [-0.2, -0.15) is 0 Å². The molecule has 1 unspecified atom stereocenters. The van der Waals surface area contributed by atoms with Crippen LogP contribution in [0.15, 0.2) is 12.3 Å². The number of halogens is 1. The highest BCUT2D eigenvalue weighted by Crippen LogP contribution is 2.23. The highest BCUT2D eigenvalue weighted by molar-refractivity contribution is 5.47. The molecule has 0 aromatic carbocycles. The molecule has 1 saturated heterocycles. The molecule has 1 aromatic rings. The van der Waals surface area contributed by atoms with E-state index >= 15 is 0 Å². The molecular weight excluding hydrogens is 221 g/mol. The number of ether oxygens (including phenoxy) is 1. The standard InChI is InChI=1S/C12H18FN3O/c1-17-11-3-2-4-16(8-11)12-9(6-14)5-10(13)7-15-12/h5,7,11H,2-4,6,8,14H2,1H3. The zero-order chi connectivity index (χ0) is 12.3. The second-order valence-corrected chi connectivity index (χ2v) is 4.29. The molecule has 0 saturated carbocycles. The van der Waals surface area contributed by atoms with Gasteiger partial charge in [0.2, 0.25) is 0 Å². The van der Waals surface area contributed by atoms with Crippen LogP contribution in [-0.2, 0) is 11.3 Å². The van der Waals surface area contributed by atoms with Gasteiger partial charge in [-0.1, -0.05) is 0 Å². The summed E-state index contributed by atoms with van der Waals surface area (Å²) in [6.07, 6.45) is 3.58. The summed E-state index contributed by atoms with van der Waals surface area (Å²) in [7, 11) is 1.72. The van der Waals surface area contributed by atoms with E-state index in [-0.39, 0.29) is 11.9 Å². The summed E-state index contributed by atoms with van der Waals surface area (Å²) in [5, 5.41) is 0. The van der Waals surface area contributed by atoms with Gasteiger partial charge in [-0.3, -0.25) is 0 Å². The van der Waals surface area contributed by atoms with Crippen molar-refractivity contribution >= 4 is 5.82 Å². The summed E-state index contributed by atoms with van der Waals surface area (Å²) in [5.41, 5.74) is 6.38. The lowest BCUT2D eigenvalue weighted by Gasteiger charge is -2.33. The fraction of sp³-hybridized carbons (Fsp3) is 0.583. The molecule has 5 heteroatoms. The molecule has 94 valence electrons. The average Bonchev–Trinajstić information content (AvgIpc) is 2.38. The van der Waals surface area contributed by atoms with E-state index in [0.717, 1.165) is 37.3 Å². The Morgan fingerprint density at radius 3 is 3.18 bits per heavy atom. The summed E-state index contributed by atoms with van der Waals surface area (Å²) in [6.45, 7) is 2.02. The van der Waals surface area contributed by atoms with Crippen LogP contribution in [0.2, 0.25) is 0 Å². The van der Waals surface area contributed by atoms with Gasteiger partial charge >= 0.3 is 0 Å². The van der Waals surface area contributed by atoms with Gasteiger partial charge in [-0.25, -0.2) is 9.37 Å². The molecule has 1 atom stereocenters. The van der Waals surface area contributed by atoms with E-state index in [9.17, 15) is 4.39 Å². The van der Waals surface area contributed by atoms with Gasteiger partial charge in [0, 0.05) is 32.3 Å². The largest absolute Gasteiger partial charge is 0.380 e. The minimum Gasteiger partial charge on any atom is -0.380 e. The van der Waals surface area contributed by atoms with Crippen LogP contribution in [0.3, 0.4) is 0 Å². The van der Waals surface area contributed by atoms with Crippen LogP contribution in [0.5, 0.6) is 0 Å². The minimum atomic E-state index is -0.338. The number of aromatic nitrogens is 1. The van der Waals surface area contributed by atoms with E-state index in [4.69, 9.17) is 10.5 Å². The van der Waals surface area contributed by atoms with E-state index in [0.29, 0.717) is 6.54 Å². The zero-order valence-electron chi connectivity index (χ0n) is 10.0. The molecule has 1 fully saturated rings. The second-order valence-electron chi connectivity index (χ2n) is 4.29. The Morgan fingerprint density at radius 1 is 1.65 bits per heavy atom. The lowest BCUT2D eigenvalue weighted by molar-refractivity contribution is 0.0891. The molecule has 0 bridgehead atoms. The third-order valence-corrected chi connectivity index (χ3v) is 3.14. The van der Waals surface area contributed by atoms with Gasteiger partial charge in [-0.05, 0) is 18.9 Å². The van der Waals surface area contributed by atoms with E-state index < -0.39 is 0 Å². The van der Waals surface area contributed by atoms with Crippen molar-refractivity contribution in [3.8, 4) is 0 Å². The lowest BCUT2D eigenvalue weighted by Crippen LogP contribution is -2.40. The smallest absolute Gasteiger partial charge is 0.141 e. The highest BCUT2D eigenvalue weighted by atomic mass is 19.1. The molecule has 2 N–H and O–H groups in total. The van der Waals surface area contributed by atoms with Crippen LogP contribution in [0, 0.1) is 5.82 Å². The number of rotatable bonds is 3. The molecule has 17 heavy (non-hydrogen) atoms. The van der Waals surface area contributed by atoms with Crippen molar-refractivity contribution in [2.75, 3.05) is 25.1 Å². The Hall–Kier alpha value is -1.20. The van der Waals surface area contributed by atoms with Gasteiger partial charge < -0.3 is 15.4 Å². The first-order chi connectivity index (χ1) is 8.24. The van der Waals surface area contributed by atoms with Crippen molar-refractivity contribution in [3.05, 3.63) is 23.6 Å². The number of methoxy groups -OCH3 is 1. The Labute approximate surface area is 101 Å². The zero-order valence-corrected chi connectivity index (χ0v) is 10.0. The molecule has 0 aliphatic carbocycles. The summed E-state index contributed by atoms with van der Waals surface area (Å²) in [6, 6.07) is 1.46. The van der Waals surface area contributed by atoms with Crippen LogP contribution in [0.4, 0.5) is 10.2 Å². The first kappa shape index (κ1) is 12.3. The molecule has 4 nitrogen and oxygen atoms in total. The fourth-order valence-corrected chi connectivity index (χ4v) is 2.23.